The van der Waals surface area contributed by atoms with E-state index < -0.39 is 0 Å². The first-order valence-electron chi connectivity index (χ1n) is 8.74. The van der Waals surface area contributed by atoms with Crippen LogP contribution in [-0.4, -0.2) is 35.6 Å². The number of aliphatic hydroxyl groups excluding tert-OH is 1. The van der Waals surface area contributed by atoms with Gasteiger partial charge in [0, 0.05) is 24.9 Å². The van der Waals surface area contributed by atoms with Crippen LogP contribution in [0.1, 0.15) is 44.1 Å². The Morgan fingerprint density at radius 1 is 1.35 bits per heavy atom. The Balaban J connectivity index is 1.57. The highest BCUT2D eigenvalue weighted by molar-refractivity contribution is 5.76. The first-order chi connectivity index (χ1) is 11.1. The molecule has 0 radical (unpaired) electrons. The molecule has 2 fully saturated rings. The largest absolute Gasteiger partial charge is 0.396 e. The van der Waals surface area contributed by atoms with Gasteiger partial charge in [-0.25, -0.2) is 4.39 Å². The van der Waals surface area contributed by atoms with Crippen molar-refractivity contribution in [3.8, 4) is 0 Å². The second-order valence-electron chi connectivity index (χ2n) is 7.32. The number of hydrogen-bond acceptors (Lipinski definition) is 2. The van der Waals surface area contributed by atoms with Gasteiger partial charge in [-0.05, 0) is 43.2 Å². The van der Waals surface area contributed by atoms with Gasteiger partial charge < -0.3 is 10.0 Å². The Bertz CT molecular complexity index is 558. The Labute approximate surface area is 137 Å². The zero-order valence-corrected chi connectivity index (χ0v) is 13.6. The Hall–Kier alpha value is -1.42. The van der Waals surface area contributed by atoms with Crippen molar-refractivity contribution in [3.05, 3.63) is 35.6 Å². The monoisotopic (exact) mass is 319 g/mol. The van der Waals surface area contributed by atoms with Crippen LogP contribution in [0, 0.1) is 17.2 Å². The number of benzene rings is 1. The average molecular weight is 319 g/mol. The number of halogens is 1. The highest BCUT2D eigenvalue weighted by Gasteiger charge is 2.40. The summed E-state index contributed by atoms with van der Waals surface area (Å²) in [5.41, 5.74) is 0.497. The highest BCUT2D eigenvalue weighted by atomic mass is 19.1. The summed E-state index contributed by atoms with van der Waals surface area (Å²) in [5, 5.41) is 9.87. The molecule has 3 nitrogen and oxygen atoms in total. The topological polar surface area (TPSA) is 40.5 Å². The summed E-state index contributed by atoms with van der Waals surface area (Å²) in [4.78, 5) is 14.4. The van der Waals surface area contributed by atoms with Crippen LogP contribution in [0.4, 0.5) is 4.39 Å². The quantitative estimate of drug-likeness (QED) is 0.875. The van der Waals surface area contributed by atoms with E-state index >= 15 is 0 Å². The standard InChI is InChI=1S/C19H26FNO2/c20-17-5-2-1-4-16(17)8-9-18(23)21-11-3-10-19(13-21,14-22)12-15-6-7-15/h1-2,4-5,15,22H,3,6-14H2. The maximum atomic E-state index is 13.7. The lowest BCUT2D eigenvalue weighted by atomic mass is 9.76. The fourth-order valence-electron chi connectivity index (χ4n) is 3.82. The number of nitrogens with zero attached hydrogens (tertiary/aromatic N) is 1. The van der Waals surface area contributed by atoms with Gasteiger partial charge in [0.05, 0.1) is 6.61 Å². The molecule has 1 aliphatic heterocycles. The predicted molar refractivity (Wildman–Crippen MR) is 87.4 cm³/mol. The van der Waals surface area contributed by atoms with E-state index in [4.69, 9.17) is 0 Å². The number of likely N-dealkylation sites (tertiary alicyclic amines) is 1. The summed E-state index contributed by atoms with van der Waals surface area (Å²) in [6.45, 7) is 1.60. The molecule has 0 bridgehead atoms. The zero-order chi connectivity index (χ0) is 16.3. The van der Waals surface area contributed by atoms with E-state index in [1.165, 1.54) is 18.9 Å². The molecule has 1 aromatic rings. The van der Waals surface area contributed by atoms with Crippen molar-refractivity contribution in [2.24, 2.45) is 11.3 Å². The molecule has 1 atom stereocenters. The van der Waals surface area contributed by atoms with Gasteiger partial charge >= 0.3 is 0 Å². The molecular formula is C19H26FNO2. The maximum absolute atomic E-state index is 13.7. The number of aliphatic hydroxyl groups is 1. The van der Waals surface area contributed by atoms with Gasteiger partial charge in [-0.2, -0.15) is 0 Å². The molecule has 1 aliphatic carbocycles. The third-order valence-corrected chi connectivity index (χ3v) is 5.33. The second kappa shape index (κ2) is 7.00. The molecule has 0 spiro atoms. The van der Waals surface area contributed by atoms with Crippen LogP contribution in [0.2, 0.25) is 0 Å². The summed E-state index contributed by atoms with van der Waals surface area (Å²) in [7, 11) is 0. The van der Waals surface area contributed by atoms with Crippen LogP contribution in [-0.2, 0) is 11.2 Å². The van der Waals surface area contributed by atoms with Crippen LogP contribution in [0.15, 0.2) is 24.3 Å². The molecule has 1 N–H and O–H groups in total. The van der Waals surface area contributed by atoms with E-state index in [2.05, 4.69) is 0 Å². The molecule has 126 valence electrons. The molecule has 23 heavy (non-hydrogen) atoms. The number of hydrogen-bond donors (Lipinski definition) is 1. The third kappa shape index (κ3) is 4.11. The van der Waals surface area contributed by atoms with Crippen molar-refractivity contribution in [1.29, 1.82) is 0 Å². The average Bonchev–Trinajstić information content (AvgIpc) is 3.38. The van der Waals surface area contributed by atoms with E-state index in [9.17, 15) is 14.3 Å². The Morgan fingerprint density at radius 3 is 2.83 bits per heavy atom. The van der Waals surface area contributed by atoms with Crippen LogP contribution < -0.4 is 0 Å². The van der Waals surface area contributed by atoms with Crippen molar-refractivity contribution < 1.29 is 14.3 Å². The predicted octanol–water partition coefficient (Wildman–Crippen LogP) is 3.16. The fraction of sp³-hybridized carbons (Fsp3) is 0.632. The lowest BCUT2D eigenvalue weighted by molar-refractivity contribution is -0.135. The SMILES string of the molecule is O=C(CCc1ccccc1F)N1CCCC(CO)(CC2CC2)C1. The van der Waals surface area contributed by atoms with Crippen LogP contribution >= 0.6 is 0 Å². The van der Waals surface area contributed by atoms with Gasteiger partial charge in [-0.3, -0.25) is 4.79 Å². The van der Waals surface area contributed by atoms with Gasteiger partial charge in [0.1, 0.15) is 5.82 Å². The molecule has 1 amide bonds. The van der Waals surface area contributed by atoms with Crippen molar-refractivity contribution in [2.75, 3.05) is 19.7 Å². The zero-order valence-electron chi connectivity index (χ0n) is 13.6. The number of amides is 1. The van der Waals surface area contributed by atoms with Crippen LogP contribution in [0.5, 0.6) is 0 Å². The first kappa shape index (κ1) is 16.4. The summed E-state index contributed by atoms with van der Waals surface area (Å²) in [6.07, 6.45) is 6.32. The van der Waals surface area contributed by atoms with Crippen molar-refractivity contribution in [1.82, 2.24) is 4.90 Å². The van der Waals surface area contributed by atoms with Gasteiger partial charge in [0.25, 0.3) is 0 Å². The molecule has 1 saturated carbocycles. The van der Waals surface area contributed by atoms with E-state index in [0.717, 1.165) is 31.7 Å². The van der Waals surface area contributed by atoms with Gasteiger partial charge in [-0.15, -0.1) is 0 Å². The number of aryl methyl sites for hydroxylation is 1. The number of rotatable bonds is 6. The normalized spacial score (nSPS) is 24.7. The van der Waals surface area contributed by atoms with Crippen LogP contribution in [0.3, 0.4) is 0 Å². The second-order valence-corrected chi connectivity index (χ2v) is 7.32. The Morgan fingerprint density at radius 2 is 2.13 bits per heavy atom. The molecule has 1 saturated heterocycles. The number of carbonyl (C=O) groups is 1. The maximum Gasteiger partial charge on any atom is 0.222 e. The summed E-state index contributed by atoms with van der Waals surface area (Å²) in [6, 6.07) is 6.64. The summed E-state index contributed by atoms with van der Waals surface area (Å²) in [5.74, 6) is 0.592. The van der Waals surface area contributed by atoms with Crippen molar-refractivity contribution >= 4 is 5.91 Å². The molecular weight excluding hydrogens is 293 g/mol. The van der Waals surface area contributed by atoms with E-state index in [1.807, 2.05) is 4.90 Å². The molecule has 1 heterocycles. The molecule has 1 aromatic carbocycles. The van der Waals surface area contributed by atoms with Gasteiger partial charge in [0.15, 0.2) is 0 Å². The van der Waals surface area contributed by atoms with Crippen molar-refractivity contribution in [3.63, 3.8) is 0 Å². The van der Waals surface area contributed by atoms with E-state index in [-0.39, 0.29) is 23.7 Å². The summed E-state index contributed by atoms with van der Waals surface area (Å²) < 4.78 is 13.7. The van der Waals surface area contributed by atoms with Gasteiger partial charge in [-0.1, -0.05) is 31.0 Å². The lowest BCUT2D eigenvalue weighted by Gasteiger charge is -2.42. The molecule has 3 rings (SSSR count). The molecule has 0 aromatic heterocycles. The van der Waals surface area contributed by atoms with Crippen LogP contribution in [0.25, 0.3) is 0 Å². The number of piperidine rings is 1. The fourth-order valence-corrected chi connectivity index (χ4v) is 3.82. The molecule has 2 aliphatic rings. The third-order valence-electron chi connectivity index (χ3n) is 5.33. The minimum Gasteiger partial charge on any atom is -0.396 e. The minimum atomic E-state index is -0.239. The Kier molecular flexibility index (Phi) is 5.00. The van der Waals surface area contributed by atoms with E-state index in [1.54, 1.807) is 18.2 Å². The summed E-state index contributed by atoms with van der Waals surface area (Å²) >= 11 is 0. The molecule has 4 heteroatoms. The first-order valence-corrected chi connectivity index (χ1v) is 8.74. The molecule has 1 unspecified atom stereocenters. The van der Waals surface area contributed by atoms with E-state index in [0.29, 0.717) is 24.9 Å². The van der Waals surface area contributed by atoms with Gasteiger partial charge in [0.2, 0.25) is 5.91 Å². The highest BCUT2D eigenvalue weighted by Crippen LogP contribution is 2.44. The van der Waals surface area contributed by atoms with Crippen molar-refractivity contribution in [2.45, 2.75) is 44.9 Å². The lowest BCUT2D eigenvalue weighted by Crippen LogP contribution is -2.48. The number of carbonyl (C=O) groups excluding carboxylic acids is 1. The smallest absolute Gasteiger partial charge is 0.222 e. The minimum absolute atomic E-state index is 0.0848.